The summed E-state index contributed by atoms with van der Waals surface area (Å²) in [5, 5.41) is 0. The van der Waals surface area contributed by atoms with E-state index in [9.17, 15) is 0 Å². The second kappa shape index (κ2) is 4.60. The molecule has 0 aromatic carbocycles. The van der Waals surface area contributed by atoms with Crippen molar-refractivity contribution in [2.24, 2.45) is 5.73 Å². The highest BCUT2D eigenvalue weighted by Gasteiger charge is 2.37. The molecule has 1 aliphatic heterocycles. The minimum atomic E-state index is 0.403. The van der Waals surface area contributed by atoms with Gasteiger partial charge in [-0.1, -0.05) is 6.92 Å². The molecular formula is C11H22N2O. The third kappa shape index (κ3) is 2.10. The highest BCUT2D eigenvalue weighted by atomic mass is 16.5. The van der Waals surface area contributed by atoms with Crippen molar-refractivity contribution in [1.29, 1.82) is 0 Å². The second-order valence-corrected chi connectivity index (χ2v) is 4.42. The Morgan fingerprint density at radius 3 is 2.64 bits per heavy atom. The summed E-state index contributed by atoms with van der Waals surface area (Å²) in [6, 6.07) is 1.27. The van der Waals surface area contributed by atoms with E-state index in [1.54, 1.807) is 0 Å². The Morgan fingerprint density at radius 1 is 1.43 bits per heavy atom. The molecule has 2 N–H and O–H groups in total. The van der Waals surface area contributed by atoms with Gasteiger partial charge in [-0.2, -0.15) is 0 Å². The monoisotopic (exact) mass is 198 g/mol. The Kier molecular flexibility index (Phi) is 3.42. The number of ether oxygens (including phenoxy) is 1. The molecule has 2 aliphatic rings. The lowest BCUT2D eigenvalue weighted by atomic mass is 10.1. The minimum Gasteiger partial charge on any atom is -0.377 e. The molecule has 0 bridgehead atoms. The number of hydrogen-bond acceptors (Lipinski definition) is 3. The molecule has 2 unspecified atom stereocenters. The van der Waals surface area contributed by atoms with Gasteiger partial charge in [0.1, 0.15) is 0 Å². The molecule has 2 atom stereocenters. The maximum absolute atomic E-state index is 5.87. The van der Waals surface area contributed by atoms with Gasteiger partial charge >= 0.3 is 0 Å². The second-order valence-electron chi connectivity index (χ2n) is 4.42. The Balaban J connectivity index is 1.94. The summed E-state index contributed by atoms with van der Waals surface area (Å²) >= 11 is 0. The van der Waals surface area contributed by atoms with E-state index in [4.69, 9.17) is 10.5 Å². The normalized spacial score (nSPS) is 29.8. The van der Waals surface area contributed by atoms with Crippen LogP contribution in [0.2, 0.25) is 0 Å². The van der Waals surface area contributed by atoms with Crippen LogP contribution in [0.15, 0.2) is 0 Å². The van der Waals surface area contributed by atoms with E-state index in [0.29, 0.717) is 12.1 Å². The SMILES string of the molecule is CCN(C1CC1)C(CN)C1CCCO1. The van der Waals surface area contributed by atoms with Crippen LogP contribution in [0.25, 0.3) is 0 Å². The van der Waals surface area contributed by atoms with Gasteiger partial charge in [0.05, 0.1) is 6.10 Å². The lowest BCUT2D eigenvalue weighted by Gasteiger charge is -2.33. The van der Waals surface area contributed by atoms with Crippen molar-refractivity contribution in [2.45, 2.75) is 50.8 Å². The molecule has 0 aromatic heterocycles. The summed E-state index contributed by atoms with van der Waals surface area (Å²) < 4.78 is 5.75. The molecule has 3 nitrogen and oxygen atoms in total. The Morgan fingerprint density at radius 2 is 2.21 bits per heavy atom. The molecule has 0 spiro atoms. The largest absolute Gasteiger partial charge is 0.377 e. The van der Waals surface area contributed by atoms with E-state index < -0.39 is 0 Å². The molecule has 0 amide bonds. The van der Waals surface area contributed by atoms with Crippen LogP contribution in [0.5, 0.6) is 0 Å². The standard InChI is InChI=1S/C11H22N2O/c1-2-13(9-5-6-9)10(8-12)11-4-3-7-14-11/h9-11H,2-8,12H2,1H3. The fourth-order valence-corrected chi connectivity index (χ4v) is 2.58. The summed E-state index contributed by atoms with van der Waals surface area (Å²) in [6.45, 7) is 5.03. The topological polar surface area (TPSA) is 38.5 Å². The van der Waals surface area contributed by atoms with Crippen LogP contribution in [-0.4, -0.2) is 42.8 Å². The molecule has 1 saturated heterocycles. The Hall–Kier alpha value is -0.120. The zero-order chi connectivity index (χ0) is 9.97. The van der Waals surface area contributed by atoms with Gasteiger partial charge in [-0.05, 0) is 32.2 Å². The van der Waals surface area contributed by atoms with Crippen LogP contribution in [-0.2, 0) is 4.74 Å². The van der Waals surface area contributed by atoms with Crippen molar-refractivity contribution in [1.82, 2.24) is 4.90 Å². The molecule has 0 aromatic rings. The molecule has 0 radical (unpaired) electrons. The molecule has 2 fully saturated rings. The summed E-state index contributed by atoms with van der Waals surface area (Å²) in [7, 11) is 0. The summed E-state index contributed by atoms with van der Waals surface area (Å²) in [5.41, 5.74) is 5.87. The number of nitrogens with zero attached hydrogens (tertiary/aromatic N) is 1. The first-order chi connectivity index (χ1) is 6.86. The van der Waals surface area contributed by atoms with Crippen LogP contribution in [0.1, 0.15) is 32.6 Å². The van der Waals surface area contributed by atoms with Gasteiger partial charge in [-0.3, -0.25) is 4.90 Å². The predicted octanol–water partition coefficient (Wildman–Crippen LogP) is 0.977. The number of likely N-dealkylation sites (N-methyl/N-ethyl adjacent to an activating group) is 1. The van der Waals surface area contributed by atoms with Crippen molar-refractivity contribution >= 4 is 0 Å². The quantitative estimate of drug-likeness (QED) is 0.715. The number of hydrogen-bond donors (Lipinski definition) is 1. The number of nitrogens with two attached hydrogens (primary N) is 1. The third-order valence-corrected chi connectivity index (χ3v) is 3.44. The molecule has 3 heteroatoms. The fourth-order valence-electron chi connectivity index (χ4n) is 2.58. The van der Waals surface area contributed by atoms with Crippen LogP contribution in [0, 0.1) is 0 Å². The Labute approximate surface area is 86.6 Å². The van der Waals surface area contributed by atoms with Gasteiger partial charge < -0.3 is 10.5 Å². The van der Waals surface area contributed by atoms with E-state index in [1.165, 1.54) is 25.7 Å². The maximum Gasteiger partial charge on any atom is 0.0743 e. The smallest absolute Gasteiger partial charge is 0.0743 e. The summed E-state index contributed by atoms with van der Waals surface area (Å²) in [4.78, 5) is 2.55. The van der Waals surface area contributed by atoms with Gasteiger partial charge in [0, 0.05) is 25.2 Å². The average Bonchev–Trinajstić information content (AvgIpc) is 2.90. The van der Waals surface area contributed by atoms with Crippen molar-refractivity contribution in [2.75, 3.05) is 19.7 Å². The molecule has 82 valence electrons. The molecule has 14 heavy (non-hydrogen) atoms. The van der Waals surface area contributed by atoms with Crippen LogP contribution >= 0.6 is 0 Å². The van der Waals surface area contributed by atoms with Gasteiger partial charge in [0.15, 0.2) is 0 Å². The first-order valence-corrected chi connectivity index (χ1v) is 5.94. The fraction of sp³-hybridized carbons (Fsp3) is 1.00. The molecule has 2 rings (SSSR count). The first-order valence-electron chi connectivity index (χ1n) is 5.94. The zero-order valence-electron chi connectivity index (χ0n) is 9.11. The van der Waals surface area contributed by atoms with E-state index in [-0.39, 0.29) is 0 Å². The van der Waals surface area contributed by atoms with E-state index in [0.717, 1.165) is 25.7 Å². The molecular weight excluding hydrogens is 176 g/mol. The highest BCUT2D eigenvalue weighted by molar-refractivity contribution is 4.92. The Bertz CT molecular complexity index is 176. The summed E-state index contributed by atoms with van der Waals surface area (Å²) in [6.07, 6.45) is 5.53. The molecule has 1 saturated carbocycles. The van der Waals surface area contributed by atoms with Crippen LogP contribution in [0.4, 0.5) is 0 Å². The number of rotatable bonds is 5. The van der Waals surface area contributed by atoms with E-state index in [1.807, 2.05) is 0 Å². The van der Waals surface area contributed by atoms with E-state index in [2.05, 4.69) is 11.8 Å². The van der Waals surface area contributed by atoms with Crippen molar-refractivity contribution < 1.29 is 4.74 Å². The van der Waals surface area contributed by atoms with Crippen molar-refractivity contribution in [3.8, 4) is 0 Å². The third-order valence-electron chi connectivity index (χ3n) is 3.44. The van der Waals surface area contributed by atoms with Gasteiger partial charge in [0.25, 0.3) is 0 Å². The lowest BCUT2D eigenvalue weighted by molar-refractivity contribution is 0.0257. The van der Waals surface area contributed by atoms with E-state index >= 15 is 0 Å². The lowest BCUT2D eigenvalue weighted by Crippen LogP contribution is -2.49. The van der Waals surface area contributed by atoms with Crippen molar-refractivity contribution in [3.63, 3.8) is 0 Å². The van der Waals surface area contributed by atoms with Crippen LogP contribution < -0.4 is 5.73 Å². The highest BCUT2D eigenvalue weighted by Crippen LogP contribution is 2.31. The van der Waals surface area contributed by atoms with Gasteiger partial charge in [-0.25, -0.2) is 0 Å². The molecule has 1 aliphatic carbocycles. The zero-order valence-corrected chi connectivity index (χ0v) is 9.11. The maximum atomic E-state index is 5.87. The minimum absolute atomic E-state index is 0.403. The first kappa shape index (κ1) is 10.4. The van der Waals surface area contributed by atoms with Crippen molar-refractivity contribution in [3.05, 3.63) is 0 Å². The van der Waals surface area contributed by atoms with Gasteiger partial charge in [0.2, 0.25) is 0 Å². The summed E-state index contributed by atoms with van der Waals surface area (Å²) in [5.74, 6) is 0. The predicted molar refractivity (Wildman–Crippen MR) is 57.2 cm³/mol. The molecule has 1 heterocycles. The average molecular weight is 198 g/mol. The van der Waals surface area contributed by atoms with Gasteiger partial charge in [-0.15, -0.1) is 0 Å². The van der Waals surface area contributed by atoms with Crippen LogP contribution in [0.3, 0.4) is 0 Å².